The van der Waals surface area contributed by atoms with Crippen LogP contribution in [0.5, 0.6) is 6.01 Å². The number of carbonyl (C=O) groups is 1. The van der Waals surface area contributed by atoms with Crippen molar-refractivity contribution in [1.29, 1.82) is 0 Å². The van der Waals surface area contributed by atoms with E-state index in [4.69, 9.17) is 31.2 Å². The Morgan fingerprint density at radius 2 is 1.91 bits per heavy atom. The number of H-pyrrole nitrogens is 1. The summed E-state index contributed by atoms with van der Waals surface area (Å²) in [5, 5.41) is 9.52. The number of carboxylic acids is 1. The zero-order chi connectivity index (χ0) is 22.8. The van der Waals surface area contributed by atoms with Crippen molar-refractivity contribution in [2.45, 2.75) is 44.6 Å². The van der Waals surface area contributed by atoms with Crippen LogP contribution in [0.15, 0.2) is 36.4 Å². The largest absolute Gasteiger partial charge is 0.481 e. The molecule has 0 unspecified atom stereocenters. The molecular weight excluding hydrogens is 442 g/mol. The first kappa shape index (κ1) is 21.9. The summed E-state index contributed by atoms with van der Waals surface area (Å²) in [5.41, 5.74) is 5.38. The van der Waals surface area contributed by atoms with Gasteiger partial charge < -0.3 is 19.6 Å². The van der Waals surface area contributed by atoms with Crippen LogP contribution in [0.3, 0.4) is 0 Å². The highest BCUT2D eigenvalue weighted by molar-refractivity contribution is 6.33. The molecule has 172 valence electrons. The minimum absolute atomic E-state index is 0.0255. The quantitative estimate of drug-likeness (QED) is 0.497. The molecule has 0 bridgehead atoms. The summed E-state index contributed by atoms with van der Waals surface area (Å²) in [6.45, 7) is 1.42. The lowest BCUT2D eigenvalue weighted by molar-refractivity contribution is -0.138. The molecule has 0 saturated heterocycles. The lowest BCUT2D eigenvalue weighted by atomic mass is 9.85. The number of pyridine rings is 1. The summed E-state index contributed by atoms with van der Waals surface area (Å²) in [4.78, 5) is 23.3. The Morgan fingerprint density at radius 1 is 1.15 bits per heavy atom. The Kier molecular flexibility index (Phi) is 6.33. The Labute approximate surface area is 196 Å². The van der Waals surface area contributed by atoms with E-state index in [0.717, 1.165) is 49.8 Å². The van der Waals surface area contributed by atoms with Gasteiger partial charge in [0.1, 0.15) is 6.10 Å². The molecule has 0 amide bonds. The molecule has 2 aliphatic rings. The van der Waals surface area contributed by atoms with Crippen molar-refractivity contribution in [2.24, 2.45) is 5.92 Å². The zero-order valence-corrected chi connectivity index (χ0v) is 19.0. The first-order valence-electron chi connectivity index (χ1n) is 11.4. The molecular formula is C25H26ClN3O4. The number of hydrogen-bond acceptors (Lipinski definition) is 5. The standard InChI is InChI=1S/C25H26ClN3O4/c26-20-14-21-24(29-25(27-21)33-19-7-1-15(2-8-19)13-22(30)31)28-23(20)18-5-3-16(4-6-18)17-9-11-32-12-10-17/h3-6,9,14-15,19H,1-2,7-8,10-13H2,(H,30,31)(H,27,28,29)/t15-,19-. The van der Waals surface area contributed by atoms with Crippen LogP contribution in [-0.4, -0.2) is 45.3 Å². The van der Waals surface area contributed by atoms with Gasteiger partial charge in [-0.1, -0.05) is 41.9 Å². The molecule has 0 spiro atoms. The summed E-state index contributed by atoms with van der Waals surface area (Å²) in [6.07, 6.45) is 6.65. The van der Waals surface area contributed by atoms with Gasteiger partial charge in [0.25, 0.3) is 6.01 Å². The van der Waals surface area contributed by atoms with Gasteiger partial charge in [0.15, 0.2) is 5.65 Å². The van der Waals surface area contributed by atoms with Crippen molar-refractivity contribution in [3.8, 4) is 17.3 Å². The summed E-state index contributed by atoms with van der Waals surface area (Å²) in [5.74, 6) is -0.499. The molecule has 3 heterocycles. The number of carboxylic acid groups (broad SMARTS) is 1. The van der Waals surface area contributed by atoms with Crippen molar-refractivity contribution in [1.82, 2.24) is 15.0 Å². The van der Waals surface area contributed by atoms with Crippen LogP contribution in [0.1, 0.15) is 44.1 Å². The molecule has 33 heavy (non-hydrogen) atoms. The van der Waals surface area contributed by atoms with E-state index in [1.165, 1.54) is 11.1 Å². The van der Waals surface area contributed by atoms with Gasteiger partial charge in [0.05, 0.1) is 29.4 Å². The Balaban J connectivity index is 1.30. The maximum Gasteiger partial charge on any atom is 0.303 e. The predicted molar refractivity (Wildman–Crippen MR) is 126 cm³/mol. The molecule has 5 rings (SSSR count). The van der Waals surface area contributed by atoms with Crippen molar-refractivity contribution in [3.05, 3.63) is 47.0 Å². The highest BCUT2D eigenvalue weighted by atomic mass is 35.5. The first-order chi connectivity index (χ1) is 16.0. The summed E-state index contributed by atoms with van der Waals surface area (Å²) >= 11 is 6.56. The first-order valence-corrected chi connectivity index (χ1v) is 11.8. The molecule has 2 aromatic heterocycles. The number of aromatic amines is 1. The minimum Gasteiger partial charge on any atom is -0.481 e. The number of imidazole rings is 1. The molecule has 1 aliphatic carbocycles. The minimum atomic E-state index is -0.731. The van der Waals surface area contributed by atoms with Gasteiger partial charge in [0, 0.05) is 12.0 Å². The molecule has 0 radical (unpaired) electrons. The molecule has 1 aromatic carbocycles. The number of hydrogen-bond donors (Lipinski definition) is 2. The number of rotatable bonds is 6. The monoisotopic (exact) mass is 467 g/mol. The number of nitrogens with zero attached hydrogens (tertiary/aromatic N) is 2. The van der Waals surface area contributed by atoms with Crippen LogP contribution < -0.4 is 4.74 Å². The van der Waals surface area contributed by atoms with Crippen LogP contribution in [0.4, 0.5) is 0 Å². The fourth-order valence-electron chi connectivity index (χ4n) is 4.64. The lowest BCUT2D eigenvalue weighted by Gasteiger charge is -2.27. The van der Waals surface area contributed by atoms with Crippen molar-refractivity contribution in [3.63, 3.8) is 0 Å². The van der Waals surface area contributed by atoms with E-state index < -0.39 is 5.97 Å². The predicted octanol–water partition coefficient (Wildman–Crippen LogP) is 5.49. The highest BCUT2D eigenvalue weighted by Gasteiger charge is 2.25. The fourth-order valence-corrected chi connectivity index (χ4v) is 4.90. The molecule has 1 fully saturated rings. The maximum absolute atomic E-state index is 10.9. The van der Waals surface area contributed by atoms with E-state index in [2.05, 4.69) is 28.2 Å². The van der Waals surface area contributed by atoms with E-state index >= 15 is 0 Å². The number of nitrogens with one attached hydrogen (secondary N) is 1. The Morgan fingerprint density at radius 3 is 2.61 bits per heavy atom. The third kappa shape index (κ3) is 5.04. The van der Waals surface area contributed by atoms with Crippen LogP contribution >= 0.6 is 11.6 Å². The van der Waals surface area contributed by atoms with Crippen LogP contribution in [0.25, 0.3) is 28.0 Å². The van der Waals surface area contributed by atoms with Crippen molar-refractivity contribution < 1.29 is 19.4 Å². The normalized spacial score (nSPS) is 21.1. The topological polar surface area (TPSA) is 97.3 Å². The lowest BCUT2D eigenvalue weighted by Crippen LogP contribution is -2.25. The fraction of sp³-hybridized carbons (Fsp3) is 0.400. The van der Waals surface area contributed by atoms with E-state index in [-0.39, 0.29) is 18.4 Å². The van der Waals surface area contributed by atoms with Gasteiger partial charge >= 0.3 is 5.97 Å². The van der Waals surface area contributed by atoms with Gasteiger partial charge in [-0.25, -0.2) is 4.98 Å². The highest BCUT2D eigenvalue weighted by Crippen LogP contribution is 2.33. The SMILES string of the molecule is O=C(O)C[C@H]1CC[C@H](Oc2nc3nc(-c4ccc(C5=CCOCC5)cc4)c(Cl)cc3[nH]2)CC1. The Bertz CT molecular complexity index is 1180. The molecule has 7 nitrogen and oxygen atoms in total. The maximum atomic E-state index is 10.9. The Hall–Kier alpha value is -2.90. The van der Waals surface area contributed by atoms with Crippen molar-refractivity contribution in [2.75, 3.05) is 13.2 Å². The van der Waals surface area contributed by atoms with Gasteiger partial charge in [0.2, 0.25) is 0 Å². The second-order valence-electron chi connectivity index (χ2n) is 8.72. The third-order valence-electron chi connectivity index (χ3n) is 6.43. The average molecular weight is 468 g/mol. The van der Waals surface area contributed by atoms with Gasteiger partial charge in [-0.3, -0.25) is 4.79 Å². The zero-order valence-electron chi connectivity index (χ0n) is 18.2. The van der Waals surface area contributed by atoms with Crippen molar-refractivity contribution >= 4 is 34.3 Å². The number of halogens is 1. The molecule has 3 aromatic rings. The molecule has 0 atom stereocenters. The van der Waals surface area contributed by atoms with E-state index in [1.807, 2.05) is 18.2 Å². The number of fused-ring (bicyclic) bond motifs is 1. The molecule has 1 saturated carbocycles. The molecule has 8 heteroatoms. The van der Waals surface area contributed by atoms with Crippen LogP contribution in [0, 0.1) is 5.92 Å². The van der Waals surface area contributed by atoms with Crippen LogP contribution in [-0.2, 0) is 9.53 Å². The van der Waals surface area contributed by atoms with Gasteiger partial charge in [-0.15, -0.1) is 0 Å². The van der Waals surface area contributed by atoms with Crippen LogP contribution in [0.2, 0.25) is 5.02 Å². The van der Waals surface area contributed by atoms with E-state index in [0.29, 0.717) is 29.0 Å². The van der Waals surface area contributed by atoms with Gasteiger partial charge in [-0.2, -0.15) is 4.98 Å². The second-order valence-corrected chi connectivity index (χ2v) is 9.13. The van der Waals surface area contributed by atoms with E-state index in [1.54, 1.807) is 0 Å². The summed E-state index contributed by atoms with van der Waals surface area (Å²) in [7, 11) is 0. The smallest absolute Gasteiger partial charge is 0.303 e. The third-order valence-corrected chi connectivity index (χ3v) is 6.72. The number of ether oxygens (including phenoxy) is 2. The summed E-state index contributed by atoms with van der Waals surface area (Å²) < 4.78 is 11.4. The second kappa shape index (κ2) is 9.53. The average Bonchev–Trinajstić information content (AvgIpc) is 3.21. The molecule has 2 N–H and O–H groups in total. The molecule has 1 aliphatic heterocycles. The number of benzene rings is 1. The summed E-state index contributed by atoms with van der Waals surface area (Å²) in [6, 6.07) is 10.5. The number of aliphatic carboxylic acids is 1. The van der Waals surface area contributed by atoms with E-state index in [9.17, 15) is 4.79 Å². The number of aromatic nitrogens is 3. The van der Waals surface area contributed by atoms with Gasteiger partial charge in [-0.05, 0) is 55.2 Å².